The largest absolute Gasteiger partial charge is 0.490 e. The molecule has 12 nitrogen and oxygen atoms in total. The molecule has 0 aliphatic rings. The first-order valence-electron chi connectivity index (χ1n) is 15.4. The summed E-state index contributed by atoms with van der Waals surface area (Å²) in [6.07, 6.45) is -3.02. The number of rotatable bonds is 14. The number of nitrogens with one attached hydrogen (secondary N) is 2. The van der Waals surface area contributed by atoms with Crippen molar-refractivity contribution in [3.05, 3.63) is 83.2 Å². The molecule has 0 radical (unpaired) electrons. The maximum absolute atomic E-state index is 14.9. The Kier molecular flexibility index (Phi) is 16.1. The van der Waals surface area contributed by atoms with Crippen molar-refractivity contribution in [1.82, 2.24) is 25.3 Å². The molecule has 0 fully saturated rings. The van der Waals surface area contributed by atoms with Gasteiger partial charge in [0.1, 0.15) is 23.9 Å². The number of amides is 3. The van der Waals surface area contributed by atoms with Gasteiger partial charge in [0.05, 0.1) is 23.1 Å². The molecule has 3 amide bonds. The molecule has 3 rings (SSSR count). The second-order valence-corrected chi connectivity index (χ2v) is 12.8. The van der Waals surface area contributed by atoms with E-state index in [0.717, 1.165) is 23.8 Å². The van der Waals surface area contributed by atoms with Crippen LogP contribution in [-0.4, -0.2) is 92.4 Å². The quantitative estimate of drug-likeness (QED) is 0.0934. The molecule has 6 N–H and O–H groups in total. The van der Waals surface area contributed by atoms with E-state index in [9.17, 15) is 41.4 Å². The zero-order chi connectivity index (χ0) is 38.5. The van der Waals surface area contributed by atoms with E-state index in [2.05, 4.69) is 26.6 Å². The van der Waals surface area contributed by atoms with E-state index in [1.54, 1.807) is 6.20 Å². The highest BCUT2D eigenvalue weighted by Crippen LogP contribution is 2.40. The van der Waals surface area contributed by atoms with Crippen molar-refractivity contribution >= 4 is 39.6 Å². The number of carboxylic acids is 1. The van der Waals surface area contributed by atoms with Crippen molar-refractivity contribution in [2.24, 2.45) is 11.1 Å². The molecule has 0 aliphatic carbocycles. The second-order valence-electron chi connectivity index (χ2n) is 12.2. The third-order valence-electron chi connectivity index (χ3n) is 7.19. The average molecular weight is 792 g/mol. The molecule has 18 heteroatoms. The number of carbonyl (C=O) groups excluding carboxylic acids is 3. The lowest BCUT2D eigenvalue weighted by molar-refractivity contribution is -0.192. The summed E-state index contributed by atoms with van der Waals surface area (Å²) in [4.78, 5) is 47.6. The van der Waals surface area contributed by atoms with Crippen LogP contribution >= 0.6 is 15.9 Å². The Hall–Kier alpha value is -4.42. The maximum atomic E-state index is 14.9. The van der Waals surface area contributed by atoms with Crippen molar-refractivity contribution < 1.29 is 51.3 Å². The van der Waals surface area contributed by atoms with Crippen LogP contribution in [0, 0.1) is 17.0 Å². The van der Waals surface area contributed by atoms with Gasteiger partial charge in [-0.15, -0.1) is 0 Å². The Labute approximate surface area is 299 Å². The second kappa shape index (κ2) is 19.3. The summed E-state index contributed by atoms with van der Waals surface area (Å²) in [6, 6.07) is 10.9. The average Bonchev–Trinajstić information content (AvgIpc) is 3.46. The molecule has 0 saturated carbocycles. The van der Waals surface area contributed by atoms with Crippen LogP contribution in [0.4, 0.5) is 22.0 Å². The predicted octanol–water partition coefficient (Wildman–Crippen LogP) is 3.63. The summed E-state index contributed by atoms with van der Waals surface area (Å²) in [7, 11) is 0. The van der Waals surface area contributed by atoms with Gasteiger partial charge in [0.25, 0.3) is 0 Å². The van der Waals surface area contributed by atoms with Crippen LogP contribution in [0.2, 0.25) is 0 Å². The van der Waals surface area contributed by atoms with Crippen molar-refractivity contribution in [2.75, 3.05) is 31.6 Å². The molecule has 1 heterocycles. The number of carbonyl (C=O) groups is 4. The highest BCUT2D eigenvalue weighted by Gasteiger charge is 2.39. The predicted molar refractivity (Wildman–Crippen MR) is 180 cm³/mol. The first kappa shape index (κ1) is 42.7. The number of hydrogen-bond acceptors (Lipinski definition) is 7. The fourth-order valence-corrected chi connectivity index (χ4v) is 5.08. The number of halogens is 6. The minimum Gasteiger partial charge on any atom is -0.475 e. The Morgan fingerprint density at radius 2 is 1.63 bits per heavy atom. The van der Waals surface area contributed by atoms with Crippen molar-refractivity contribution in [3.63, 3.8) is 0 Å². The Bertz CT molecular complexity index is 1630. The number of benzene rings is 2. The van der Waals surface area contributed by atoms with Gasteiger partial charge in [0, 0.05) is 43.9 Å². The summed E-state index contributed by atoms with van der Waals surface area (Å²) in [5, 5.41) is 27.2. The van der Waals surface area contributed by atoms with Crippen LogP contribution in [0.1, 0.15) is 50.1 Å². The molecule has 0 saturated heterocycles. The van der Waals surface area contributed by atoms with Gasteiger partial charge in [-0.05, 0) is 29.5 Å². The molecule has 1 aromatic heterocycles. The number of carboxylic acid groups (broad SMARTS) is 1. The van der Waals surface area contributed by atoms with Gasteiger partial charge < -0.3 is 31.5 Å². The normalized spacial score (nSPS) is 12.6. The van der Waals surface area contributed by atoms with E-state index in [1.807, 2.05) is 51.1 Å². The first-order chi connectivity index (χ1) is 23.8. The third kappa shape index (κ3) is 13.3. The smallest absolute Gasteiger partial charge is 0.475 e. The summed E-state index contributed by atoms with van der Waals surface area (Å²) >= 11 is 3.05. The van der Waals surface area contributed by atoms with E-state index in [-0.39, 0.29) is 43.0 Å². The van der Waals surface area contributed by atoms with Gasteiger partial charge in [-0.3, -0.25) is 14.4 Å². The monoisotopic (exact) mass is 790 g/mol. The van der Waals surface area contributed by atoms with E-state index < -0.39 is 59.7 Å². The van der Waals surface area contributed by atoms with Gasteiger partial charge in [0.2, 0.25) is 17.7 Å². The fourth-order valence-electron chi connectivity index (χ4n) is 4.88. The summed E-state index contributed by atoms with van der Waals surface area (Å²) in [5.74, 6) is -5.35. The molecular formula is C33H40BrF5N6O6. The van der Waals surface area contributed by atoms with Crippen LogP contribution in [0.5, 0.6) is 0 Å². The number of nitrogens with two attached hydrogens (primary N) is 1. The molecule has 2 atom stereocenters. The van der Waals surface area contributed by atoms with Gasteiger partial charge in [-0.1, -0.05) is 67.0 Å². The van der Waals surface area contributed by atoms with Crippen LogP contribution in [-0.2, 0) is 25.6 Å². The molecular weight excluding hydrogens is 751 g/mol. The molecule has 0 unspecified atom stereocenters. The van der Waals surface area contributed by atoms with E-state index in [1.165, 1.54) is 9.58 Å². The van der Waals surface area contributed by atoms with E-state index >= 15 is 0 Å². The SMILES string of the molecule is CC(C)(C)[C@H](c1nn(-c2cc(F)ccc2F)cc1Cc1ccccc1)N(CC[C@H](N)C(=O)NCCNC(=O)CBr)C(=O)CO.O=C(O)C(F)(F)F. The first-order valence-corrected chi connectivity index (χ1v) is 16.6. The van der Waals surface area contributed by atoms with Crippen molar-refractivity contribution in [1.29, 1.82) is 0 Å². The van der Waals surface area contributed by atoms with Gasteiger partial charge >= 0.3 is 12.1 Å². The lowest BCUT2D eigenvalue weighted by atomic mass is 9.81. The van der Waals surface area contributed by atoms with Crippen molar-refractivity contribution in [2.45, 2.75) is 51.9 Å². The number of aromatic nitrogens is 2. The number of nitrogens with zero attached hydrogens (tertiary/aromatic N) is 3. The minimum absolute atomic E-state index is 0.00219. The maximum Gasteiger partial charge on any atom is 0.490 e. The van der Waals surface area contributed by atoms with Crippen LogP contribution in [0.25, 0.3) is 5.69 Å². The van der Waals surface area contributed by atoms with E-state index in [0.29, 0.717) is 17.7 Å². The number of hydrogen-bond donors (Lipinski definition) is 5. The lowest BCUT2D eigenvalue weighted by Gasteiger charge is -2.40. The molecule has 51 heavy (non-hydrogen) atoms. The molecule has 3 aromatic rings. The fraction of sp³-hybridized carbons (Fsp3) is 0.424. The molecule has 280 valence electrons. The minimum atomic E-state index is -5.08. The van der Waals surface area contributed by atoms with Crippen LogP contribution in [0.15, 0.2) is 54.7 Å². The molecule has 2 aromatic carbocycles. The number of aliphatic carboxylic acids is 1. The highest BCUT2D eigenvalue weighted by atomic mass is 79.9. The Morgan fingerprint density at radius 1 is 1.02 bits per heavy atom. The number of aliphatic hydroxyl groups excluding tert-OH is 1. The van der Waals surface area contributed by atoms with E-state index in [4.69, 9.17) is 20.7 Å². The number of aliphatic hydroxyl groups is 1. The summed E-state index contributed by atoms with van der Waals surface area (Å²) < 4.78 is 62.0. The summed E-state index contributed by atoms with van der Waals surface area (Å²) in [5.41, 5.74) is 7.46. The third-order valence-corrected chi connectivity index (χ3v) is 7.70. The molecule has 0 bridgehead atoms. The van der Waals surface area contributed by atoms with Gasteiger partial charge in [0.15, 0.2) is 0 Å². The van der Waals surface area contributed by atoms with Crippen molar-refractivity contribution in [3.8, 4) is 5.69 Å². The zero-order valence-electron chi connectivity index (χ0n) is 28.0. The highest BCUT2D eigenvalue weighted by molar-refractivity contribution is 9.09. The van der Waals surface area contributed by atoms with Gasteiger partial charge in [-0.2, -0.15) is 18.3 Å². The Morgan fingerprint density at radius 3 is 2.18 bits per heavy atom. The number of alkyl halides is 4. The Balaban J connectivity index is 0.00000116. The molecule has 0 spiro atoms. The lowest BCUT2D eigenvalue weighted by Crippen LogP contribution is -2.48. The van der Waals surface area contributed by atoms with Gasteiger partial charge in [-0.25, -0.2) is 18.3 Å². The standard InChI is InChI=1S/C31H39BrF2N6O4.C2HF3O2/c1-31(2,3)29(39(27(43)19-41)14-11-24(35)30(44)37-13-12-36-26(42)17-32)28-21(15-20-7-5-4-6-8-20)18-40(38-28)25-16-22(33)9-10-23(25)34;3-2(4,5)1(6)7/h4-10,16,18,24,29,41H,11-15,17,19,35H2,1-3H3,(H,36,42)(H,37,44);(H,6,7)/t24-,29-;/m0./s1. The topological polar surface area (TPSA) is 180 Å². The zero-order valence-corrected chi connectivity index (χ0v) is 29.6. The molecule has 0 aliphatic heterocycles. The summed E-state index contributed by atoms with van der Waals surface area (Å²) in [6.45, 7) is 5.30. The van der Waals surface area contributed by atoms with Crippen LogP contribution < -0.4 is 16.4 Å². The van der Waals surface area contributed by atoms with Crippen LogP contribution in [0.3, 0.4) is 0 Å².